The Balaban J connectivity index is 1.75. The van der Waals surface area contributed by atoms with Gasteiger partial charge in [-0.2, -0.15) is 9.77 Å². The zero-order valence-electron chi connectivity index (χ0n) is 20.7. The predicted molar refractivity (Wildman–Crippen MR) is 143 cm³/mol. The molecule has 0 fully saturated rings. The smallest absolute Gasteiger partial charge is 0.292 e. The number of rotatable bonds is 6. The van der Waals surface area contributed by atoms with Crippen molar-refractivity contribution in [1.29, 1.82) is 0 Å². The molecule has 0 atom stereocenters. The molecule has 3 heterocycles. The number of amides is 1. The van der Waals surface area contributed by atoms with E-state index in [2.05, 4.69) is 5.10 Å². The van der Waals surface area contributed by atoms with Crippen LogP contribution in [-0.2, 0) is 6.54 Å². The summed E-state index contributed by atoms with van der Waals surface area (Å²) in [5, 5.41) is 5.76. The Kier molecular flexibility index (Phi) is 6.37. The van der Waals surface area contributed by atoms with Gasteiger partial charge in [-0.3, -0.25) is 19.0 Å². The Morgan fingerprint density at radius 3 is 2.34 bits per heavy atom. The van der Waals surface area contributed by atoms with Crippen LogP contribution in [0.3, 0.4) is 0 Å². The molecule has 38 heavy (non-hydrogen) atoms. The topological polar surface area (TPSA) is 99.2 Å². The van der Waals surface area contributed by atoms with Crippen molar-refractivity contribution in [2.75, 3.05) is 12.1 Å². The van der Waals surface area contributed by atoms with Crippen LogP contribution in [-0.4, -0.2) is 37.8 Å². The van der Waals surface area contributed by atoms with Crippen molar-refractivity contribution in [3.8, 4) is 5.00 Å². The molecule has 5 rings (SSSR count). The molecule has 0 spiro atoms. The Hall–Kier alpha value is -4.64. The van der Waals surface area contributed by atoms with E-state index in [1.165, 1.54) is 29.8 Å². The van der Waals surface area contributed by atoms with Gasteiger partial charge in [-0.15, -0.1) is 0 Å². The van der Waals surface area contributed by atoms with E-state index in [0.29, 0.717) is 20.8 Å². The van der Waals surface area contributed by atoms with Crippen molar-refractivity contribution < 1.29 is 14.0 Å². The second-order valence-electron chi connectivity index (χ2n) is 8.70. The number of thiophene rings is 1. The van der Waals surface area contributed by atoms with E-state index in [1.807, 2.05) is 0 Å². The van der Waals surface area contributed by atoms with Gasteiger partial charge >= 0.3 is 5.69 Å². The van der Waals surface area contributed by atoms with Gasteiger partial charge in [0.05, 0.1) is 17.5 Å². The van der Waals surface area contributed by atoms with Gasteiger partial charge < -0.3 is 0 Å². The van der Waals surface area contributed by atoms with Gasteiger partial charge in [0, 0.05) is 30.6 Å². The highest BCUT2D eigenvalue weighted by molar-refractivity contribution is 7.21. The summed E-state index contributed by atoms with van der Waals surface area (Å²) in [6, 6.07) is 14.0. The van der Waals surface area contributed by atoms with Gasteiger partial charge in [0.2, 0.25) is 0 Å². The van der Waals surface area contributed by atoms with Crippen molar-refractivity contribution in [3.63, 3.8) is 0 Å². The van der Waals surface area contributed by atoms with Crippen molar-refractivity contribution in [2.45, 2.75) is 20.4 Å². The summed E-state index contributed by atoms with van der Waals surface area (Å²) in [6.45, 7) is 3.12. The minimum Gasteiger partial charge on any atom is -0.292 e. The van der Waals surface area contributed by atoms with E-state index in [0.717, 1.165) is 28.0 Å². The molecule has 11 heteroatoms. The molecule has 0 N–H and O–H groups in total. The van der Waals surface area contributed by atoms with Crippen molar-refractivity contribution in [3.05, 3.63) is 116 Å². The third-order valence-corrected chi connectivity index (χ3v) is 7.63. The Labute approximate surface area is 219 Å². The van der Waals surface area contributed by atoms with E-state index >= 15 is 0 Å². The van der Waals surface area contributed by atoms with Crippen LogP contribution in [0, 0.1) is 19.7 Å². The number of hydrogen-bond acceptors (Lipinski definition) is 6. The Morgan fingerprint density at radius 1 is 1.00 bits per heavy atom. The third kappa shape index (κ3) is 4.06. The molecule has 3 aromatic heterocycles. The summed E-state index contributed by atoms with van der Waals surface area (Å²) in [5.41, 5.74) is -0.267. The monoisotopic (exact) mass is 531 g/mol. The summed E-state index contributed by atoms with van der Waals surface area (Å²) in [7, 11) is 1.22. The van der Waals surface area contributed by atoms with Gasteiger partial charge in [-0.05, 0) is 37.6 Å². The lowest BCUT2D eigenvalue weighted by atomic mass is 10.1. The van der Waals surface area contributed by atoms with Crippen LogP contribution in [0.4, 0.5) is 4.39 Å². The quantitative estimate of drug-likeness (QED) is 0.313. The van der Waals surface area contributed by atoms with Crippen LogP contribution in [0.15, 0.2) is 76.6 Å². The average Bonchev–Trinajstić information content (AvgIpc) is 3.54. The zero-order chi connectivity index (χ0) is 27.1. The van der Waals surface area contributed by atoms with E-state index in [9.17, 15) is 23.6 Å². The third-order valence-electron chi connectivity index (χ3n) is 6.32. The van der Waals surface area contributed by atoms with Crippen molar-refractivity contribution in [1.82, 2.24) is 19.0 Å². The van der Waals surface area contributed by atoms with Crippen LogP contribution in [0.25, 0.3) is 15.2 Å². The van der Waals surface area contributed by atoms with Gasteiger partial charge in [0.1, 0.15) is 15.6 Å². The van der Waals surface area contributed by atoms with Crippen LogP contribution in [0.5, 0.6) is 0 Å². The number of aryl methyl sites for hydroxylation is 2. The molecule has 0 bridgehead atoms. The SMILES string of the molecule is Cc1ccccc1C(=O)Cn1c(=O)n(N(C)C(=O)c2ccccc2F)c(=O)c2c(C)c(-n3cccn3)sc21. The molecule has 0 unspecified atom stereocenters. The van der Waals surface area contributed by atoms with Crippen LogP contribution in [0.1, 0.15) is 31.8 Å². The Bertz CT molecular complexity index is 1830. The lowest BCUT2D eigenvalue weighted by Gasteiger charge is -2.21. The number of benzene rings is 2. The van der Waals surface area contributed by atoms with Crippen LogP contribution in [0.2, 0.25) is 0 Å². The molecule has 1 amide bonds. The van der Waals surface area contributed by atoms with Gasteiger partial charge in [0.25, 0.3) is 11.5 Å². The molecule has 0 aliphatic rings. The maximum absolute atomic E-state index is 14.4. The highest BCUT2D eigenvalue weighted by atomic mass is 32.1. The predicted octanol–water partition coefficient (Wildman–Crippen LogP) is 3.46. The molecular weight excluding hydrogens is 509 g/mol. The van der Waals surface area contributed by atoms with E-state index in [1.54, 1.807) is 61.3 Å². The summed E-state index contributed by atoms with van der Waals surface area (Å²) in [5.74, 6) is -2.02. The van der Waals surface area contributed by atoms with Crippen molar-refractivity contribution in [2.24, 2.45) is 0 Å². The number of fused-ring (bicyclic) bond motifs is 1. The molecule has 5 aromatic rings. The minimum atomic E-state index is -0.898. The molecule has 0 aliphatic carbocycles. The Morgan fingerprint density at radius 2 is 1.68 bits per heavy atom. The lowest BCUT2D eigenvalue weighted by molar-refractivity contribution is 0.0960. The number of nitrogens with zero attached hydrogens (tertiary/aromatic N) is 5. The lowest BCUT2D eigenvalue weighted by Crippen LogP contribution is -2.53. The van der Waals surface area contributed by atoms with E-state index in [4.69, 9.17) is 0 Å². The number of carbonyl (C=O) groups excluding carboxylic acids is 2. The second kappa shape index (κ2) is 9.67. The largest absolute Gasteiger partial charge is 0.352 e. The average molecular weight is 532 g/mol. The highest BCUT2D eigenvalue weighted by Crippen LogP contribution is 2.31. The molecular formula is C27H22FN5O4S. The maximum Gasteiger partial charge on any atom is 0.352 e. The number of halogens is 1. The first-order chi connectivity index (χ1) is 18.2. The number of Topliss-reactive ketones (excluding diaryl/α,β-unsaturated/α-hetero) is 1. The number of carbonyl (C=O) groups is 2. The molecule has 2 aromatic carbocycles. The fraction of sp³-hybridized carbons (Fsp3) is 0.148. The zero-order valence-corrected chi connectivity index (χ0v) is 21.5. The number of hydrogen-bond donors (Lipinski definition) is 0. The second-order valence-corrected chi connectivity index (χ2v) is 9.67. The number of aromatic nitrogens is 4. The fourth-order valence-corrected chi connectivity index (χ4v) is 5.58. The van der Waals surface area contributed by atoms with Crippen LogP contribution >= 0.6 is 11.3 Å². The molecule has 0 radical (unpaired) electrons. The first kappa shape index (κ1) is 25.0. The summed E-state index contributed by atoms with van der Waals surface area (Å²) in [6.07, 6.45) is 3.28. The molecule has 0 saturated carbocycles. The van der Waals surface area contributed by atoms with E-state index < -0.39 is 23.0 Å². The van der Waals surface area contributed by atoms with Crippen LogP contribution < -0.4 is 16.3 Å². The summed E-state index contributed by atoms with van der Waals surface area (Å²) in [4.78, 5) is 54.3. The highest BCUT2D eigenvalue weighted by Gasteiger charge is 2.27. The summed E-state index contributed by atoms with van der Waals surface area (Å²) >= 11 is 1.14. The van der Waals surface area contributed by atoms with Gasteiger partial charge in [-0.1, -0.05) is 47.7 Å². The maximum atomic E-state index is 14.4. The first-order valence-electron chi connectivity index (χ1n) is 11.6. The molecule has 0 saturated heterocycles. The normalized spacial score (nSPS) is 11.2. The molecule has 192 valence electrons. The van der Waals surface area contributed by atoms with Gasteiger partial charge in [-0.25, -0.2) is 18.9 Å². The number of ketones is 1. The first-order valence-corrected chi connectivity index (χ1v) is 12.4. The minimum absolute atomic E-state index is 0.158. The fourth-order valence-electron chi connectivity index (χ4n) is 4.35. The van der Waals surface area contributed by atoms with Crippen molar-refractivity contribution >= 4 is 33.2 Å². The molecule has 9 nitrogen and oxygen atoms in total. The summed E-state index contributed by atoms with van der Waals surface area (Å²) < 4.78 is 17.8. The van der Waals surface area contributed by atoms with E-state index in [-0.39, 0.29) is 28.1 Å². The molecule has 0 aliphatic heterocycles. The standard InChI is InChI=1S/C27H22FN5O4S/c1-16-9-4-5-10-18(16)21(34)15-31-26-22(17(2)25(38-26)32-14-8-13-29-32)24(36)33(27(31)37)30(3)23(35)19-11-6-7-12-20(19)28/h4-14H,15H2,1-3H3. The van der Waals surface area contributed by atoms with Gasteiger partial charge in [0.15, 0.2) is 5.78 Å².